The quantitative estimate of drug-likeness (QED) is 0.716. The molecule has 1 aliphatic heterocycles. The molecule has 1 fully saturated rings. The molecule has 1 saturated heterocycles. The van der Waals surface area contributed by atoms with Gasteiger partial charge in [-0.15, -0.1) is 12.4 Å². The van der Waals surface area contributed by atoms with Crippen LogP contribution in [0.25, 0.3) is 0 Å². The lowest BCUT2D eigenvalue weighted by molar-refractivity contribution is -0.0293. The number of hydrogen-bond donors (Lipinski definition) is 1. The Balaban J connectivity index is 0.00000261. The second-order valence-electron chi connectivity index (χ2n) is 7.27. The molecule has 1 N–H and O–H groups in total. The maximum absolute atomic E-state index is 12.0. The van der Waals surface area contributed by atoms with Crippen LogP contribution in [0.15, 0.2) is 60.7 Å². The Bertz CT molecular complexity index is 646. The summed E-state index contributed by atoms with van der Waals surface area (Å²) in [6.07, 6.45) is 2.86. The van der Waals surface area contributed by atoms with Crippen molar-refractivity contribution in [3.8, 4) is 0 Å². The van der Waals surface area contributed by atoms with Gasteiger partial charge in [0.05, 0.1) is 18.8 Å². The molecule has 2 unspecified atom stereocenters. The Kier molecular flexibility index (Phi) is 8.78. The van der Waals surface area contributed by atoms with Gasteiger partial charge < -0.3 is 9.84 Å². The molecule has 3 nitrogen and oxygen atoms in total. The molecule has 4 heteroatoms. The molecule has 3 rings (SSSR count). The van der Waals surface area contributed by atoms with Crippen molar-refractivity contribution >= 4 is 12.4 Å². The van der Waals surface area contributed by atoms with Gasteiger partial charge in [0.2, 0.25) is 0 Å². The summed E-state index contributed by atoms with van der Waals surface area (Å²) < 4.78 is 5.52. The van der Waals surface area contributed by atoms with E-state index in [1.54, 1.807) is 0 Å². The molecule has 0 amide bonds. The van der Waals surface area contributed by atoms with E-state index in [2.05, 4.69) is 48.2 Å². The molecular weight excluding hydrogens is 358 g/mol. The molecule has 148 valence electrons. The minimum atomic E-state index is -0.864. The number of aliphatic hydroxyl groups is 1. The Labute approximate surface area is 169 Å². The zero-order valence-corrected chi connectivity index (χ0v) is 17.0. The van der Waals surface area contributed by atoms with Crippen LogP contribution in [0.4, 0.5) is 0 Å². The van der Waals surface area contributed by atoms with E-state index in [9.17, 15) is 5.11 Å². The number of halogens is 1. The SMILES string of the molecule is CCCCC(O)(c1ccccc1)C(CN1CCOCC1)c1ccccc1.Cl. The summed E-state index contributed by atoms with van der Waals surface area (Å²) in [6.45, 7) is 6.46. The van der Waals surface area contributed by atoms with E-state index < -0.39 is 5.60 Å². The van der Waals surface area contributed by atoms with Crippen LogP contribution in [-0.2, 0) is 10.3 Å². The third-order valence-corrected chi connectivity index (χ3v) is 5.51. The Hall–Kier alpha value is -1.39. The first-order valence-electron chi connectivity index (χ1n) is 9.87. The van der Waals surface area contributed by atoms with Crippen molar-refractivity contribution in [2.75, 3.05) is 32.8 Å². The molecule has 0 aliphatic carbocycles. The number of nitrogens with zero attached hydrogens (tertiary/aromatic N) is 1. The van der Waals surface area contributed by atoms with Crippen LogP contribution in [0.1, 0.15) is 43.2 Å². The standard InChI is InChI=1S/C23H31NO2.ClH/c1-2-3-14-23(25,21-12-8-5-9-13-21)22(20-10-6-4-7-11-20)19-24-15-17-26-18-16-24;/h4-13,22,25H,2-3,14-19H2,1H3;1H. The maximum atomic E-state index is 12.0. The summed E-state index contributed by atoms with van der Waals surface area (Å²) in [4.78, 5) is 2.43. The fourth-order valence-electron chi connectivity index (χ4n) is 3.95. The van der Waals surface area contributed by atoms with Gasteiger partial charge in [0.25, 0.3) is 0 Å². The van der Waals surface area contributed by atoms with E-state index in [1.165, 1.54) is 5.56 Å². The van der Waals surface area contributed by atoms with Gasteiger partial charge >= 0.3 is 0 Å². The lowest BCUT2D eigenvalue weighted by Crippen LogP contribution is -2.45. The van der Waals surface area contributed by atoms with Gasteiger partial charge in [-0.2, -0.15) is 0 Å². The molecule has 0 bridgehead atoms. The molecule has 0 radical (unpaired) electrons. The highest BCUT2D eigenvalue weighted by Crippen LogP contribution is 2.41. The van der Waals surface area contributed by atoms with E-state index in [0.29, 0.717) is 0 Å². The molecule has 0 spiro atoms. The fraction of sp³-hybridized carbons (Fsp3) is 0.478. The topological polar surface area (TPSA) is 32.7 Å². The molecule has 2 aromatic carbocycles. The molecule has 2 atom stereocenters. The number of rotatable bonds is 8. The van der Waals surface area contributed by atoms with Crippen molar-refractivity contribution in [3.63, 3.8) is 0 Å². The third-order valence-electron chi connectivity index (χ3n) is 5.51. The molecule has 0 aromatic heterocycles. The zero-order chi connectivity index (χ0) is 18.2. The average Bonchev–Trinajstić information content (AvgIpc) is 2.72. The van der Waals surface area contributed by atoms with E-state index >= 15 is 0 Å². The second kappa shape index (κ2) is 10.8. The Morgan fingerprint density at radius 2 is 1.59 bits per heavy atom. The fourth-order valence-corrected chi connectivity index (χ4v) is 3.95. The van der Waals surface area contributed by atoms with Crippen molar-refractivity contribution in [2.45, 2.75) is 37.7 Å². The molecule has 2 aromatic rings. The summed E-state index contributed by atoms with van der Waals surface area (Å²) in [7, 11) is 0. The van der Waals surface area contributed by atoms with Crippen molar-refractivity contribution in [3.05, 3.63) is 71.8 Å². The van der Waals surface area contributed by atoms with E-state index in [-0.39, 0.29) is 18.3 Å². The van der Waals surface area contributed by atoms with Gasteiger partial charge in [-0.05, 0) is 17.5 Å². The number of unbranched alkanes of at least 4 members (excludes halogenated alkanes) is 1. The highest BCUT2D eigenvalue weighted by atomic mass is 35.5. The molecule has 27 heavy (non-hydrogen) atoms. The van der Waals surface area contributed by atoms with Gasteiger partial charge in [0.1, 0.15) is 0 Å². The van der Waals surface area contributed by atoms with E-state index in [1.807, 2.05) is 24.3 Å². The summed E-state index contributed by atoms with van der Waals surface area (Å²) >= 11 is 0. The van der Waals surface area contributed by atoms with Crippen LogP contribution < -0.4 is 0 Å². The Morgan fingerprint density at radius 3 is 2.19 bits per heavy atom. The van der Waals surface area contributed by atoms with Crippen LogP contribution in [0.5, 0.6) is 0 Å². The molecular formula is C23H32ClNO2. The summed E-state index contributed by atoms with van der Waals surface area (Å²) in [5, 5.41) is 12.0. The van der Waals surface area contributed by atoms with Crippen LogP contribution in [0, 0.1) is 0 Å². The predicted octanol–water partition coefficient (Wildman–Crippen LogP) is 4.60. The van der Waals surface area contributed by atoms with Crippen LogP contribution in [0.3, 0.4) is 0 Å². The van der Waals surface area contributed by atoms with Crippen LogP contribution >= 0.6 is 12.4 Å². The zero-order valence-electron chi connectivity index (χ0n) is 16.2. The Morgan fingerprint density at radius 1 is 1.00 bits per heavy atom. The summed E-state index contributed by atoms with van der Waals surface area (Å²) in [5.74, 6) is 0.0377. The van der Waals surface area contributed by atoms with E-state index in [4.69, 9.17) is 4.74 Å². The highest BCUT2D eigenvalue weighted by Gasteiger charge is 2.39. The smallest absolute Gasteiger partial charge is 0.0977 e. The molecule has 0 saturated carbocycles. The van der Waals surface area contributed by atoms with Gasteiger partial charge in [0, 0.05) is 25.6 Å². The first-order chi connectivity index (χ1) is 12.7. The summed E-state index contributed by atoms with van der Waals surface area (Å²) in [6, 6.07) is 20.7. The number of ether oxygens (including phenoxy) is 1. The average molecular weight is 390 g/mol. The number of hydrogen-bond acceptors (Lipinski definition) is 3. The van der Waals surface area contributed by atoms with E-state index in [0.717, 1.165) is 57.7 Å². The van der Waals surface area contributed by atoms with Gasteiger partial charge in [0.15, 0.2) is 0 Å². The third kappa shape index (κ3) is 5.55. The van der Waals surface area contributed by atoms with Crippen molar-refractivity contribution in [1.29, 1.82) is 0 Å². The molecule has 1 aliphatic rings. The monoisotopic (exact) mass is 389 g/mol. The lowest BCUT2D eigenvalue weighted by Gasteiger charge is -2.41. The van der Waals surface area contributed by atoms with Crippen molar-refractivity contribution in [2.24, 2.45) is 0 Å². The minimum Gasteiger partial charge on any atom is -0.384 e. The number of benzene rings is 2. The van der Waals surface area contributed by atoms with Gasteiger partial charge in [-0.25, -0.2) is 0 Å². The predicted molar refractivity (Wildman–Crippen MR) is 114 cm³/mol. The van der Waals surface area contributed by atoms with Crippen molar-refractivity contribution in [1.82, 2.24) is 4.90 Å². The lowest BCUT2D eigenvalue weighted by atomic mass is 9.74. The van der Waals surface area contributed by atoms with Gasteiger partial charge in [-0.1, -0.05) is 80.4 Å². The number of morpholine rings is 1. The summed E-state index contributed by atoms with van der Waals surface area (Å²) in [5.41, 5.74) is 1.37. The normalized spacial score (nSPS) is 18.3. The minimum absolute atomic E-state index is 0. The van der Waals surface area contributed by atoms with Crippen molar-refractivity contribution < 1.29 is 9.84 Å². The second-order valence-corrected chi connectivity index (χ2v) is 7.27. The van der Waals surface area contributed by atoms with Gasteiger partial charge in [-0.3, -0.25) is 4.90 Å². The van der Waals surface area contributed by atoms with Crippen LogP contribution in [-0.4, -0.2) is 42.9 Å². The highest BCUT2D eigenvalue weighted by molar-refractivity contribution is 5.85. The molecule has 1 heterocycles. The van der Waals surface area contributed by atoms with Crippen LogP contribution in [0.2, 0.25) is 0 Å². The largest absolute Gasteiger partial charge is 0.384 e. The first-order valence-corrected chi connectivity index (χ1v) is 9.87. The first kappa shape index (κ1) is 21.9. The maximum Gasteiger partial charge on any atom is 0.0977 e.